The average molecular weight is 448 g/mol. The molecule has 7 nitrogen and oxygen atoms in total. The number of hydrogen-bond acceptors (Lipinski definition) is 4. The van der Waals surface area contributed by atoms with Crippen molar-refractivity contribution in [2.24, 2.45) is 16.3 Å². The summed E-state index contributed by atoms with van der Waals surface area (Å²) in [6.45, 7) is 6.92. The fourth-order valence-corrected chi connectivity index (χ4v) is 3.20. The minimum atomic E-state index is 0. The number of nitrogens with zero attached hydrogens (tertiary/aromatic N) is 4. The number of nitrogens with one attached hydrogen (secondary N) is 2. The zero-order valence-corrected chi connectivity index (χ0v) is 17.3. The first-order valence-corrected chi connectivity index (χ1v) is 8.40. The molecular weight excluding hydrogens is 419 g/mol. The maximum absolute atomic E-state index is 5.11. The Morgan fingerprint density at radius 3 is 2.83 bits per heavy atom. The third kappa shape index (κ3) is 4.59. The lowest BCUT2D eigenvalue weighted by molar-refractivity contribution is 0.177. The Hall–Kier alpha value is -0.900. The molecule has 2 unspecified atom stereocenters. The number of rotatable bonds is 5. The van der Waals surface area contributed by atoms with Crippen LogP contribution in [0.5, 0.6) is 0 Å². The molecule has 1 fully saturated rings. The Balaban J connectivity index is 0.00000208. The summed E-state index contributed by atoms with van der Waals surface area (Å²) in [5.41, 5.74) is 0.490. The van der Waals surface area contributed by atoms with Gasteiger partial charge in [-0.25, -0.2) is 9.67 Å². The predicted molar refractivity (Wildman–Crippen MR) is 105 cm³/mol. The zero-order valence-electron chi connectivity index (χ0n) is 15.0. The Morgan fingerprint density at radius 2 is 2.21 bits per heavy atom. The first-order valence-electron chi connectivity index (χ1n) is 8.40. The second kappa shape index (κ2) is 7.99. The Labute approximate surface area is 161 Å². The molecule has 136 valence electrons. The molecule has 0 amide bonds. The van der Waals surface area contributed by atoms with Crippen LogP contribution in [0, 0.1) is 11.3 Å². The number of hydrogen-bond donors (Lipinski definition) is 2. The highest BCUT2D eigenvalue weighted by molar-refractivity contribution is 14.0. The SMILES string of the molecule is CN=C(NCC1CC1(C)C)NC1CCc2nc(COC)nn2C1.I. The van der Waals surface area contributed by atoms with E-state index in [2.05, 4.69) is 39.6 Å². The van der Waals surface area contributed by atoms with Crippen LogP contribution in [0.2, 0.25) is 0 Å². The van der Waals surface area contributed by atoms with Gasteiger partial charge in [0, 0.05) is 33.2 Å². The number of ether oxygens (including phenoxy) is 1. The van der Waals surface area contributed by atoms with Gasteiger partial charge in [-0.2, -0.15) is 5.10 Å². The maximum atomic E-state index is 5.11. The van der Waals surface area contributed by atoms with Gasteiger partial charge in [0.1, 0.15) is 12.4 Å². The topological polar surface area (TPSA) is 76.4 Å². The summed E-state index contributed by atoms with van der Waals surface area (Å²) in [5.74, 6) is 3.46. The van der Waals surface area contributed by atoms with Crippen LogP contribution in [0.25, 0.3) is 0 Å². The van der Waals surface area contributed by atoms with Gasteiger partial charge >= 0.3 is 0 Å². The fraction of sp³-hybridized carbons (Fsp3) is 0.812. The molecule has 0 radical (unpaired) electrons. The molecule has 3 rings (SSSR count). The molecule has 1 aromatic rings. The smallest absolute Gasteiger partial charge is 0.191 e. The lowest BCUT2D eigenvalue weighted by Gasteiger charge is -2.25. The molecule has 0 aromatic carbocycles. The number of aromatic nitrogens is 3. The van der Waals surface area contributed by atoms with E-state index in [0.717, 1.165) is 49.5 Å². The molecule has 2 aliphatic rings. The Bertz CT molecular complexity index is 585. The van der Waals surface area contributed by atoms with Crippen molar-refractivity contribution >= 4 is 29.9 Å². The minimum absolute atomic E-state index is 0. The summed E-state index contributed by atoms with van der Waals surface area (Å²) in [6.07, 6.45) is 3.27. The number of halogens is 1. The van der Waals surface area contributed by atoms with E-state index >= 15 is 0 Å². The monoisotopic (exact) mass is 448 g/mol. The molecule has 2 heterocycles. The summed E-state index contributed by atoms with van der Waals surface area (Å²) in [4.78, 5) is 8.86. The molecule has 8 heteroatoms. The largest absolute Gasteiger partial charge is 0.377 e. The van der Waals surface area contributed by atoms with Gasteiger partial charge in [-0.15, -0.1) is 24.0 Å². The van der Waals surface area contributed by atoms with Crippen LogP contribution in [-0.2, 0) is 24.3 Å². The van der Waals surface area contributed by atoms with Crippen LogP contribution in [0.3, 0.4) is 0 Å². The van der Waals surface area contributed by atoms with Crippen molar-refractivity contribution in [2.45, 2.75) is 52.3 Å². The van der Waals surface area contributed by atoms with Gasteiger partial charge < -0.3 is 15.4 Å². The molecule has 2 atom stereocenters. The second-order valence-electron chi connectivity index (χ2n) is 7.28. The average Bonchev–Trinajstić information content (AvgIpc) is 2.93. The Morgan fingerprint density at radius 1 is 1.46 bits per heavy atom. The van der Waals surface area contributed by atoms with E-state index in [1.54, 1.807) is 7.11 Å². The maximum Gasteiger partial charge on any atom is 0.191 e. The highest BCUT2D eigenvalue weighted by atomic mass is 127. The number of methoxy groups -OCH3 is 1. The van der Waals surface area contributed by atoms with E-state index in [1.165, 1.54) is 6.42 Å². The quantitative estimate of drug-likeness (QED) is 0.407. The molecular formula is C16H29IN6O. The third-order valence-electron chi connectivity index (χ3n) is 4.97. The van der Waals surface area contributed by atoms with E-state index < -0.39 is 0 Å². The predicted octanol–water partition coefficient (Wildman–Crippen LogP) is 1.57. The van der Waals surface area contributed by atoms with Crippen molar-refractivity contribution in [1.82, 2.24) is 25.4 Å². The number of aliphatic imine (C=N–C) groups is 1. The van der Waals surface area contributed by atoms with Gasteiger partial charge in [-0.1, -0.05) is 13.8 Å². The standard InChI is InChI=1S/C16H28N6O.HI/c1-16(2)7-11(16)8-18-15(17-3)19-12-5-6-14-20-13(10-23-4)21-22(14)9-12;/h11-12H,5-10H2,1-4H3,(H2,17,18,19);1H. The van der Waals surface area contributed by atoms with Gasteiger partial charge in [0.25, 0.3) is 0 Å². The number of aryl methyl sites for hydroxylation is 1. The van der Waals surface area contributed by atoms with Gasteiger partial charge in [0.15, 0.2) is 11.8 Å². The number of guanidine groups is 1. The summed E-state index contributed by atoms with van der Waals surface area (Å²) < 4.78 is 7.10. The van der Waals surface area contributed by atoms with Gasteiger partial charge in [0.05, 0.1) is 6.54 Å². The molecule has 24 heavy (non-hydrogen) atoms. The summed E-state index contributed by atoms with van der Waals surface area (Å²) in [7, 11) is 3.50. The second-order valence-corrected chi connectivity index (χ2v) is 7.28. The fourth-order valence-electron chi connectivity index (χ4n) is 3.20. The van der Waals surface area contributed by atoms with Gasteiger partial charge in [0.2, 0.25) is 0 Å². The molecule has 0 bridgehead atoms. The zero-order chi connectivity index (χ0) is 16.4. The highest BCUT2D eigenvalue weighted by Crippen LogP contribution is 2.50. The van der Waals surface area contributed by atoms with Gasteiger partial charge in [-0.05, 0) is 24.2 Å². The summed E-state index contributed by atoms with van der Waals surface area (Å²) in [6, 6.07) is 0.331. The van der Waals surface area contributed by atoms with Crippen molar-refractivity contribution in [3.05, 3.63) is 11.6 Å². The lowest BCUT2D eigenvalue weighted by Crippen LogP contribution is -2.47. The lowest BCUT2D eigenvalue weighted by atomic mass is 10.1. The Kier molecular flexibility index (Phi) is 6.46. The first kappa shape index (κ1) is 19.4. The van der Waals surface area contributed by atoms with Crippen LogP contribution in [0.4, 0.5) is 0 Å². The summed E-state index contributed by atoms with van der Waals surface area (Å²) >= 11 is 0. The third-order valence-corrected chi connectivity index (χ3v) is 4.97. The van der Waals surface area contributed by atoms with E-state index in [0.29, 0.717) is 18.1 Å². The van der Waals surface area contributed by atoms with E-state index in [9.17, 15) is 0 Å². The molecule has 2 N–H and O–H groups in total. The van der Waals surface area contributed by atoms with Crippen molar-refractivity contribution in [2.75, 3.05) is 20.7 Å². The normalized spacial score (nSPS) is 24.8. The van der Waals surface area contributed by atoms with E-state index in [1.807, 2.05) is 11.7 Å². The van der Waals surface area contributed by atoms with Crippen LogP contribution in [0.15, 0.2) is 4.99 Å². The van der Waals surface area contributed by atoms with Crippen molar-refractivity contribution in [1.29, 1.82) is 0 Å². The summed E-state index contributed by atoms with van der Waals surface area (Å²) in [5, 5.41) is 11.5. The van der Waals surface area contributed by atoms with Crippen LogP contribution in [0.1, 0.15) is 38.3 Å². The highest BCUT2D eigenvalue weighted by Gasteiger charge is 2.45. The molecule has 0 spiro atoms. The molecule has 1 aromatic heterocycles. The van der Waals surface area contributed by atoms with Crippen LogP contribution >= 0.6 is 24.0 Å². The van der Waals surface area contributed by atoms with Crippen molar-refractivity contribution in [3.63, 3.8) is 0 Å². The molecule has 1 aliphatic carbocycles. The molecule has 1 aliphatic heterocycles. The van der Waals surface area contributed by atoms with E-state index in [4.69, 9.17) is 4.74 Å². The first-order chi connectivity index (χ1) is 11.0. The van der Waals surface area contributed by atoms with Crippen LogP contribution in [-0.4, -0.2) is 47.5 Å². The molecule has 1 saturated carbocycles. The van der Waals surface area contributed by atoms with Gasteiger partial charge in [-0.3, -0.25) is 4.99 Å². The number of fused-ring (bicyclic) bond motifs is 1. The van der Waals surface area contributed by atoms with Crippen molar-refractivity contribution < 1.29 is 4.74 Å². The van der Waals surface area contributed by atoms with Crippen LogP contribution < -0.4 is 10.6 Å². The van der Waals surface area contributed by atoms with Crippen molar-refractivity contribution in [3.8, 4) is 0 Å². The minimum Gasteiger partial charge on any atom is -0.377 e. The molecule has 0 saturated heterocycles. The van der Waals surface area contributed by atoms with E-state index in [-0.39, 0.29) is 24.0 Å².